The Morgan fingerprint density at radius 2 is 1.88 bits per heavy atom. The summed E-state index contributed by atoms with van der Waals surface area (Å²) in [6.45, 7) is 3.73. The average Bonchev–Trinajstić information content (AvgIpc) is 2.86. The van der Waals surface area contributed by atoms with Crippen molar-refractivity contribution in [3.8, 4) is 0 Å². The fraction of sp³-hybridized carbons (Fsp3) is 0.346. The Labute approximate surface area is 198 Å². The largest absolute Gasteiger partial charge is 0.445 e. The van der Waals surface area contributed by atoms with Crippen LogP contribution < -0.4 is 10.9 Å². The molecule has 34 heavy (non-hydrogen) atoms. The molecule has 3 aromatic rings. The van der Waals surface area contributed by atoms with E-state index in [0.717, 1.165) is 16.7 Å². The average molecular weight is 463 g/mol. The first-order chi connectivity index (χ1) is 16.5. The highest BCUT2D eigenvalue weighted by molar-refractivity contribution is 5.68. The highest BCUT2D eigenvalue weighted by Crippen LogP contribution is 2.19. The van der Waals surface area contributed by atoms with Crippen LogP contribution in [0, 0.1) is 6.92 Å². The number of aliphatic hydroxyl groups excluding tert-OH is 1. The van der Waals surface area contributed by atoms with E-state index in [4.69, 9.17) is 14.8 Å². The van der Waals surface area contributed by atoms with Gasteiger partial charge >= 0.3 is 6.09 Å². The van der Waals surface area contributed by atoms with E-state index in [-0.39, 0.29) is 25.3 Å². The molecule has 2 aromatic carbocycles. The molecule has 1 amide bonds. The van der Waals surface area contributed by atoms with E-state index >= 15 is 0 Å². The number of fused-ring (bicyclic) bond motifs is 1. The van der Waals surface area contributed by atoms with Crippen LogP contribution in [0.2, 0.25) is 0 Å². The minimum Gasteiger partial charge on any atom is -0.445 e. The number of aryl methyl sites for hydroxylation is 1. The Kier molecular flexibility index (Phi) is 7.59. The number of hydrogen-bond donors (Lipinski definition) is 2. The van der Waals surface area contributed by atoms with Gasteiger partial charge in [-0.1, -0.05) is 60.2 Å². The molecule has 0 bridgehead atoms. The Bertz CT molecular complexity index is 1180. The normalized spacial score (nSPS) is 12.8. The lowest BCUT2D eigenvalue weighted by molar-refractivity contribution is 0.0913. The number of benzene rings is 2. The Morgan fingerprint density at radius 1 is 1.12 bits per heavy atom. The van der Waals surface area contributed by atoms with Crippen molar-refractivity contribution < 1.29 is 14.6 Å². The van der Waals surface area contributed by atoms with Gasteiger partial charge in [0.2, 0.25) is 5.95 Å². The summed E-state index contributed by atoms with van der Waals surface area (Å²) in [5.41, 5.74) is 4.08. The lowest BCUT2D eigenvalue weighted by atomic mass is 10.1. The van der Waals surface area contributed by atoms with E-state index in [2.05, 4.69) is 5.32 Å². The molecule has 1 aliphatic rings. The van der Waals surface area contributed by atoms with Crippen LogP contribution in [0.15, 0.2) is 59.4 Å². The molecule has 2 heterocycles. The van der Waals surface area contributed by atoms with Gasteiger partial charge in [-0.05, 0) is 24.5 Å². The van der Waals surface area contributed by atoms with Crippen molar-refractivity contribution in [2.24, 2.45) is 0 Å². The number of hydrogen-bond acceptors (Lipinski definition) is 6. The smallest absolute Gasteiger partial charge is 0.410 e. The minimum absolute atomic E-state index is 0.0557. The predicted molar refractivity (Wildman–Crippen MR) is 130 cm³/mol. The van der Waals surface area contributed by atoms with Crippen LogP contribution in [0.25, 0.3) is 0 Å². The summed E-state index contributed by atoms with van der Waals surface area (Å²) in [7, 11) is 0. The SMILES string of the molecule is Cc1ccc(Cn2c(NCCCO)nc3c(c2=O)CN(C(=O)OCc2ccccc2)CC3)cc1. The van der Waals surface area contributed by atoms with E-state index in [1.807, 2.05) is 61.5 Å². The Hall–Kier alpha value is -3.65. The van der Waals surface area contributed by atoms with Crippen molar-refractivity contribution in [2.45, 2.75) is 39.5 Å². The Morgan fingerprint density at radius 3 is 2.62 bits per heavy atom. The maximum Gasteiger partial charge on any atom is 0.410 e. The number of aromatic nitrogens is 2. The third kappa shape index (κ3) is 5.63. The number of anilines is 1. The van der Waals surface area contributed by atoms with Crippen LogP contribution in [0.4, 0.5) is 10.7 Å². The van der Waals surface area contributed by atoms with Crippen molar-refractivity contribution in [3.05, 3.63) is 92.9 Å². The van der Waals surface area contributed by atoms with E-state index in [0.29, 0.717) is 49.7 Å². The first-order valence-electron chi connectivity index (χ1n) is 11.5. The molecule has 0 saturated carbocycles. The molecular formula is C26H30N4O4. The van der Waals surface area contributed by atoms with Crippen molar-refractivity contribution in [2.75, 3.05) is 25.0 Å². The molecule has 0 radical (unpaired) electrons. The summed E-state index contributed by atoms with van der Waals surface area (Å²) in [4.78, 5) is 32.5. The van der Waals surface area contributed by atoms with Gasteiger partial charge in [0, 0.05) is 26.1 Å². The minimum atomic E-state index is -0.441. The molecule has 4 rings (SSSR count). The number of rotatable bonds is 8. The van der Waals surface area contributed by atoms with E-state index in [9.17, 15) is 9.59 Å². The van der Waals surface area contributed by atoms with Gasteiger partial charge < -0.3 is 20.1 Å². The molecule has 8 heteroatoms. The molecule has 0 unspecified atom stereocenters. The molecule has 0 aliphatic carbocycles. The third-order valence-corrected chi connectivity index (χ3v) is 5.86. The fourth-order valence-corrected chi connectivity index (χ4v) is 3.92. The van der Waals surface area contributed by atoms with Crippen LogP contribution in [0.1, 0.15) is 34.4 Å². The first-order valence-corrected chi connectivity index (χ1v) is 11.5. The zero-order valence-electron chi connectivity index (χ0n) is 19.4. The van der Waals surface area contributed by atoms with Gasteiger partial charge in [0.05, 0.1) is 24.3 Å². The summed E-state index contributed by atoms with van der Waals surface area (Å²) >= 11 is 0. The Balaban J connectivity index is 1.56. The van der Waals surface area contributed by atoms with Gasteiger partial charge in [-0.25, -0.2) is 9.78 Å². The van der Waals surface area contributed by atoms with Crippen LogP contribution in [-0.2, 0) is 30.9 Å². The maximum atomic E-state index is 13.5. The molecule has 0 atom stereocenters. The number of aliphatic hydroxyl groups is 1. The van der Waals surface area contributed by atoms with Gasteiger partial charge in [-0.15, -0.1) is 0 Å². The van der Waals surface area contributed by atoms with E-state index in [1.54, 1.807) is 9.47 Å². The number of amides is 1. The van der Waals surface area contributed by atoms with Gasteiger partial charge in [0.15, 0.2) is 0 Å². The van der Waals surface area contributed by atoms with Crippen molar-refractivity contribution in [3.63, 3.8) is 0 Å². The van der Waals surface area contributed by atoms with Crippen molar-refractivity contribution >= 4 is 12.0 Å². The molecule has 0 fully saturated rings. The number of ether oxygens (including phenoxy) is 1. The molecule has 178 valence electrons. The standard InChI is InChI=1S/C26H30N4O4/c1-19-8-10-20(11-9-19)16-30-24(32)22-17-29(26(33)34-18-21-6-3-2-4-7-21)14-12-23(22)28-25(30)27-13-5-15-31/h2-4,6-11,31H,5,12-18H2,1H3,(H,27,28). The topological polar surface area (TPSA) is 96.7 Å². The first kappa shape index (κ1) is 23.5. The second-order valence-corrected chi connectivity index (χ2v) is 8.45. The van der Waals surface area contributed by atoms with Gasteiger partial charge in [-0.2, -0.15) is 0 Å². The summed E-state index contributed by atoms with van der Waals surface area (Å²) in [6.07, 6.45) is 0.591. The van der Waals surface area contributed by atoms with E-state index < -0.39 is 6.09 Å². The number of carbonyl (C=O) groups is 1. The lowest BCUT2D eigenvalue weighted by Crippen LogP contribution is -2.42. The summed E-state index contributed by atoms with van der Waals surface area (Å²) in [5.74, 6) is 0.484. The fourth-order valence-electron chi connectivity index (χ4n) is 3.92. The van der Waals surface area contributed by atoms with Gasteiger partial charge in [-0.3, -0.25) is 9.36 Å². The number of nitrogens with one attached hydrogen (secondary N) is 1. The molecule has 1 aromatic heterocycles. The second-order valence-electron chi connectivity index (χ2n) is 8.45. The molecule has 0 saturated heterocycles. The molecule has 0 spiro atoms. The molecular weight excluding hydrogens is 432 g/mol. The summed E-state index contributed by atoms with van der Waals surface area (Å²) in [5, 5.41) is 12.3. The second kappa shape index (κ2) is 11.0. The summed E-state index contributed by atoms with van der Waals surface area (Å²) in [6, 6.07) is 17.5. The zero-order valence-corrected chi connectivity index (χ0v) is 19.4. The zero-order chi connectivity index (χ0) is 23.9. The van der Waals surface area contributed by atoms with Crippen molar-refractivity contribution in [1.29, 1.82) is 0 Å². The van der Waals surface area contributed by atoms with Gasteiger partial charge in [0.1, 0.15) is 6.61 Å². The van der Waals surface area contributed by atoms with Crippen LogP contribution in [0.5, 0.6) is 0 Å². The van der Waals surface area contributed by atoms with Crippen LogP contribution in [0.3, 0.4) is 0 Å². The molecule has 8 nitrogen and oxygen atoms in total. The number of carbonyl (C=O) groups excluding carboxylic acids is 1. The molecule has 1 aliphatic heterocycles. The lowest BCUT2D eigenvalue weighted by Gasteiger charge is -2.28. The highest BCUT2D eigenvalue weighted by atomic mass is 16.6. The van der Waals surface area contributed by atoms with E-state index in [1.165, 1.54) is 0 Å². The van der Waals surface area contributed by atoms with Gasteiger partial charge in [0.25, 0.3) is 5.56 Å². The quantitative estimate of drug-likeness (QED) is 0.500. The summed E-state index contributed by atoms with van der Waals surface area (Å²) < 4.78 is 7.08. The monoisotopic (exact) mass is 462 g/mol. The van der Waals surface area contributed by atoms with Crippen molar-refractivity contribution in [1.82, 2.24) is 14.5 Å². The number of nitrogens with zero attached hydrogens (tertiary/aromatic N) is 3. The molecule has 2 N–H and O–H groups in total. The van der Waals surface area contributed by atoms with Crippen LogP contribution in [-0.4, -0.2) is 45.3 Å². The third-order valence-electron chi connectivity index (χ3n) is 5.86. The predicted octanol–water partition coefficient (Wildman–Crippen LogP) is 3.09. The van der Waals surface area contributed by atoms with Crippen LogP contribution >= 0.6 is 0 Å². The highest BCUT2D eigenvalue weighted by Gasteiger charge is 2.27. The maximum absolute atomic E-state index is 13.5.